The van der Waals surface area contributed by atoms with Crippen LogP contribution in [0.3, 0.4) is 0 Å². The summed E-state index contributed by atoms with van der Waals surface area (Å²) < 4.78 is 0.315. The lowest BCUT2D eigenvalue weighted by Gasteiger charge is -1.86. The molecular weight excluding hydrogens is 132 g/mol. The van der Waals surface area contributed by atoms with Crippen molar-refractivity contribution in [1.82, 2.24) is 0 Å². The van der Waals surface area contributed by atoms with Crippen molar-refractivity contribution in [3.8, 4) is 0 Å². The van der Waals surface area contributed by atoms with Gasteiger partial charge in [-0.15, -0.1) is 0 Å². The third-order valence-corrected chi connectivity index (χ3v) is 3.16. The van der Waals surface area contributed by atoms with Crippen molar-refractivity contribution in [1.29, 1.82) is 0 Å². The smallest absolute Gasteiger partial charge is 0.0837 e. The normalized spacial score (nSPS) is 31.8. The minimum atomic E-state index is 0.315. The van der Waals surface area contributed by atoms with E-state index in [0.717, 1.165) is 0 Å². The molecule has 1 aliphatic heterocycles. The second-order valence-corrected chi connectivity index (χ2v) is 3.94. The minimum Gasteiger partial charge on any atom is -0.159 e. The second kappa shape index (κ2) is 2.19. The van der Waals surface area contributed by atoms with Crippen molar-refractivity contribution in [3.63, 3.8) is 0 Å². The summed E-state index contributed by atoms with van der Waals surface area (Å²) in [5, 5.41) is 1.93. The van der Waals surface area contributed by atoms with Gasteiger partial charge in [0.25, 0.3) is 0 Å². The van der Waals surface area contributed by atoms with Crippen LogP contribution >= 0.6 is 34.2 Å². The molecule has 1 unspecified atom stereocenters. The zero-order chi connectivity index (χ0) is 4.41. The highest BCUT2D eigenvalue weighted by molar-refractivity contribution is 8.79. The van der Waals surface area contributed by atoms with Gasteiger partial charge in [-0.1, -0.05) is 21.6 Å². The minimum absolute atomic E-state index is 0.315. The molecule has 1 rings (SSSR count). The summed E-state index contributed by atoms with van der Waals surface area (Å²) >= 11 is 4.09. The molecule has 0 spiro atoms. The Balaban J connectivity index is 2.38. The SMILES string of the molecule is SC1[C]=CSS1. The summed E-state index contributed by atoms with van der Waals surface area (Å²) in [7, 11) is 3.40. The lowest BCUT2D eigenvalue weighted by Crippen LogP contribution is -1.72. The van der Waals surface area contributed by atoms with Crippen LogP contribution in [0, 0.1) is 6.08 Å². The van der Waals surface area contributed by atoms with Gasteiger partial charge in [0.2, 0.25) is 0 Å². The fourth-order valence-corrected chi connectivity index (χ4v) is 2.19. The summed E-state index contributed by atoms with van der Waals surface area (Å²) in [5.41, 5.74) is 0. The molecule has 1 heterocycles. The molecule has 0 aromatic heterocycles. The van der Waals surface area contributed by atoms with E-state index in [1.54, 1.807) is 21.6 Å². The molecule has 0 fully saturated rings. The molecule has 0 bridgehead atoms. The Bertz CT molecular complexity index is 68.4. The van der Waals surface area contributed by atoms with Crippen LogP contribution in [0.5, 0.6) is 0 Å². The number of hydrogen-bond acceptors (Lipinski definition) is 3. The Morgan fingerprint density at radius 1 is 1.83 bits per heavy atom. The second-order valence-electron chi connectivity index (χ2n) is 0.829. The molecular formula is C3H3S3. The summed E-state index contributed by atoms with van der Waals surface area (Å²) in [6.45, 7) is 0. The largest absolute Gasteiger partial charge is 0.159 e. The quantitative estimate of drug-likeness (QED) is 0.398. The summed E-state index contributed by atoms with van der Waals surface area (Å²) in [6, 6.07) is 0. The van der Waals surface area contributed by atoms with Crippen molar-refractivity contribution < 1.29 is 0 Å². The average Bonchev–Trinajstić information content (AvgIpc) is 1.86. The third-order valence-electron chi connectivity index (χ3n) is 0.405. The first kappa shape index (κ1) is 4.94. The van der Waals surface area contributed by atoms with Crippen molar-refractivity contribution in [3.05, 3.63) is 11.5 Å². The molecule has 33 valence electrons. The topological polar surface area (TPSA) is 0 Å². The van der Waals surface area contributed by atoms with Crippen LogP contribution in [0.4, 0.5) is 0 Å². The van der Waals surface area contributed by atoms with Crippen LogP contribution < -0.4 is 0 Å². The Kier molecular flexibility index (Phi) is 1.80. The standard InChI is InChI=1S/C3H3S3/c4-3-1-2-5-6-3/h2-4H. The van der Waals surface area contributed by atoms with E-state index in [0.29, 0.717) is 4.58 Å². The van der Waals surface area contributed by atoms with E-state index >= 15 is 0 Å². The first-order valence-electron chi connectivity index (χ1n) is 1.47. The maximum atomic E-state index is 4.09. The number of rotatable bonds is 0. The van der Waals surface area contributed by atoms with Crippen molar-refractivity contribution in [2.24, 2.45) is 0 Å². The molecule has 0 saturated heterocycles. The van der Waals surface area contributed by atoms with Crippen LogP contribution in [-0.4, -0.2) is 4.58 Å². The Labute approximate surface area is 50.6 Å². The van der Waals surface area contributed by atoms with E-state index in [9.17, 15) is 0 Å². The zero-order valence-corrected chi connectivity index (χ0v) is 5.45. The molecule has 3 heteroatoms. The molecule has 6 heavy (non-hydrogen) atoms. The van der Waals surface area contributed by atoms with E-state index in [2.05, 4.69) is 18.7 Å². The molecule has 0 aromatic carbocycles. The molecule has 1 aliphatic rings. The van der Waals surface area contributed by atoms with Gasteiger partial charge in [-0.3, -0.25) is 0 Å². The van der Waals surface area contributed by atoms with E-state index in [-0.39, 0.29) is 0 Å². The predicted octanol–water partition coefficient (Wildman–Crippen LogP) is 1.95. The van der Waals surface area contributed by atoms with Gasteiger partial charge in [-0.2, -0.15) is 12.6 Å². The monoisotopic (exact) mass is 135 g/mol. The zero-order valence-electron chi connectivity index (χ0n) is 2.92. The molecule has 0 aromatic rings. The maximum Gasteiger partial charge on any atom is 0.0837 e. The van der Waals surface area contributed by atoms with Crippen LogP contribution in [0.1, 0.15) is 0 Å². The molecule has 0 amide bonds. The molecule has 0 nitrogen and oxygen atoms in total. The van der Waals surface area contributed by atoms with Crippen LogP contribution in [0.2, 0.25) is 0 Å². The summed E-state index contributed by atoms with van der Waals surface area (Å²) in [4.78, 5) is 0. The highest BCUT2D eigenvalue weighted by Crippen LogP contribution is 2.36. The highest BCUT2D eigenvalue weighted by atomic mass is 33.1. The van der Waals surface area contributed by atoms with Crippen LogP contribution in [0.15, 0.2) is 5.41 Å². The van der Waals surface area contributed by atoms with Crippen molar-refractivity contribution >= 4 is 34.2 Å². The molecule has 0 N–H and O–H groups in total. The van der Waals surface area contributed by atoms with Gasteiger partial charge in [0.15, 0.2) is 0 Å². The average molecular weight is 135 g/mol. The first-order chi connectivity index (χ1) is 2.89. The first-order valence-corrected chi connectivity index (χ1v) is 4.27. The third kappa shape index (κ3) is 1.13. The van der Waals surface area contributed by atoms with Gasteiger partial charge >= 0.3 is 0 Å². The summed E-state index contributed by atoms with van der Waals surface area (Å²) in [5.74, 6) is 0. The molecule has 1 atom stereocenters. The van der Waals surface area contributed by atoms with Gasteiger partial charge < -0.3 is 0 Å². The molecule has 0 saturated carbocycles. The van der Waals surface area contributed by atoms with Crippen molar-refractivity contribution in [2.45, 2.75) is 4.58 Å². The molecule has 1 radical (unpaired) electrons. The van der Waals surface area contributed by atoms with E-state index in [1.807, 2.05) is 5.41 Å². The Morgan fingerprint density at radius 3 is 2.83 bits per heavy atom. The fraction of sp³-hybridized carbons (Fsp3) is 0.333. The maximum absolute atomic E-state index is 4.09. The summed E-state index contributed by atoms with van der Waals surface area (Å²) in [6.07, 6.45) is 2.98. The molecule has 0 aliphatic carbocycles. The highest BCUT2D eigenvalue weighted by Gasteiger charge is 2.02. The number of thiol groups is 1. The van der Waals surface area contributed by atoms with Gasteiger partial charge in [-0.05, 0) is 11.5 Å². The van der Waals surface area contributed by atoms with Gasteiger partial charge in [0.1, 0.15) is 0 Å². The Morgan fingerprint density at radius 2 is 2.67 bits per heavy atom. The van der Waals surface area contributed by atoms with Crippen LogP contribution in [0.25, 0.3) is 0 Å². The predicted molar refractivity (Wildman–Crippen MR) is 35.8 cm³/mol. The van der Waals surface area contributed by atoms with Gasteiger partial charge in [0.05, 0.1) is 4.58 Å². The number of hydrogen-bond donors (Lipinski definition) is 1. The van der Waals surface area contributed by atoms with E-state index in [4.69, 9.17) is 0 Å². The lowest BCUT2D eigenvalue weighted by molar-refractivity contribution is 1.64. The lowest BCUT2D eigenvalue weighted by atomic mass is 10.7. The van der Waals surface area contributed by atoms with Gasteiger partial charge in [0, 0.05) is 0 Å². The van der Waals surface area contributed by atoms with Gasteiger partial charge in [-0.25, -0.2) is 0 Å². The van der Waals surface area contributed by atoms with E-state index in [1.165, 1.54) is 0 Å². The van der Waals surface area contributed by atoms with Crippen LogP contribution in [-0.2, 0) is 0 Å². The fourth-order valence-electron chi connectivity index (χ4n) is 0.194. The van der Waals surface area contributed by atoms with E-state index < -0.39 is 0 Å². The van der Waals surface area contributed by atoms with Crippen molar-refractivity contribution in [2.75, 3.05) is 0 Å². The Hall–Kier alpha value is 0.790.